The fourth-order valence-electron chi connectivity index (χ4n) is 4.51. The predicted molar refractivity (Wildman–Crippen MR) is 116 cm³/mol. The van der Waals surface area contributed by atoms with E-state index in [9.17, 15) is 4.79 Å². The van der Waals surface area contributed by atoms with E-state index in [1.807, 2.05) is 24.1 Å². The van der Waals surface area contributed by atoms with E-state index in [0.29, 0.717) is 17.9 Å². The maximum atomic E-state index is 13.0. The number of hydrogen-bond acceptors (Lipinski definition) is 7. The molecule has 0 radical (unpaired) electrons. The van der Waals surface area contributed by atoms with Crippen molar-refractivity contribution in [3.63, 3.8) is 0 Å². The van der Waals surface area contributed by atoms with Gasteiger partial charge in [-0.05, 0) is 44.7 Å². The Hall–Kier alpha value is -3.29. The quantitative estimate of drug-likeness (QED) is 0.641. The van der Waals surface area contributed by atoms with Crippen LogP contribution in [0.3, 0.4) is 0 Å². The standard InChI is InChI=1S/C23H26N6O2/c1-16-13-20(31-27-16)19-14-25-23(28-10-2-3-11-28)26-21(19)18-5-4-12-29(15-18)22(30)17-6-8-24-9-7-17/h6-9,13-14,18H,2-5,10-12,15H2,1H3/t18-/m0/s1. The zero-order valence-electron chi connectivity index (χ0n) is 17.7. The Morgan fingerprint density at radius 1 is 1.13 bits per heavy atom. The lowest BCUT2D eigenvalue weighted by Gasteiger charge is -2.33. The average molecular weight is 419 g/mol. The first-order valence-corrected chi connectivity index (χ1v) is 10.9. The van der Waals surface area contributed by atoms with Crippen molar-refractivity contribution >= 4 is 11.9 Å². The molecular formula is C23H26N6O2. The van der Waals surface area contributed by atoms with Crippen LogP contribution in [0.5, 0.6) is 0 Å². The highest BCUT2D eigenvalue weighted by Gasteiger charge is 2.30. The smallest absolute Gasteiger partial charge is 0.253 e. The van der Waals surface area contributed by atoms with Gasteiger partial charge < -0.3 is 14.3 Å². The molecule has 3 aromatic heterocycles. The Labute approximate surface area is 181 Å². The van der Waals surface area contributed by atoms with Crippen molar-refractivity contribution in [1.82, 2.24) is 25.0 Å². The van der Waals surface area contributed by atoms with Crippen molar-refractivity contribution < 1.29 is 9.32 Å². The molecule has 3 aromatic rings. The van der Waals surface area contributed by atoms with E-state index in [1.54, 1.807) is 24.5 Å². The topological polar surface area (TPSA) is 88.3 Å². The van der Waals surface area contributed by atoms with Crippen LogP contribution in [0.15, 0.2) is 41.3 Å². The fraction of sp³-hybridized carbons (Fsp3) is 0.435. The van der Waals surface area contributed by atoms with Crippen molar-refractivity contribution in [1.29, 1.82) is 0 Å². The predicted octanol–water partition coefficient (Wildman–Crippen LogP) is 3.46. The molecule has 0 bridgehead atoms. The van der Waals surface area contributed by atoms with Crippen molar-refractivity contribution in [2.45, 2.75) is 38.5 Å². The summed E-state index contributed by atoms with van der Waals surface area (Å²) in [7, 11) is 0. The van der Waals surface area contributed by atoms with Crippen molar-refractivity contribution in [3.8, 4) is 11.3 Å². The minimum absolute atomic E-state index is 0.0398. The summed E-state index contributed by atoms with van der Waals surface area (Å²) in [5.41, 5.74) is 3.30. The molecule has 2 saturated heterocycles. The van der Waals surface area contributed by atoms with E-state index in [2.05, 4.69) is 20.0 Å². The number of aromatic nitrogens is 4. The van der Waals surface area contributed by atoms with Gasteiger partial charge in [0.2, 0.25) is 5.95 Å². The van der Waals surface area contributed by atoms with Gasteiger partial charge in [0, 0.05) is 62.3 Å². The number of likely N-dealkylation sites (tertiary alicyclic amines) is 1. The highest BCUT2D eigenvalue weighted by Crippen LogP contribution is 2.35. The molecular weight excluding hydrogens is 392 g/mol. The van der Waals surface area contributed by atoms with Gasteiger partial charge in [-0.15, -0.1) is 0 Å². The molecule has 0 spiro atoms. The lowest BCUT2D eigenvalue weighted by molar-refractivity contribution is 0.0706. The zero-order valence-corrected chi connectivity index (χ0v) is 17.7. The van der Waals surface area contributed by atoms with E-state index in [4.69, 9.17) is 9.51 Å². The number of hydrogen-bond donors (Lipinski definition) is 0. The molecule has 31 heavy (non-hydrogen) atoms. The molecule has 0 aliphatic carbocycles. The summed E-state index contributed by atoms with van der Waals surface area (Å²) in [6.07, 6.45) is 9.41. The molecule has 1 atom stereocenters. The molecule has 160 valence electrons. The zero-order chi connectivity index (χ0) is 21.2. The minimum atomic E-state index is 0.0398. The van der Waals surface area contributed by atoms with Gasteiger partial charge in [0.25, 0.3) is 5.91 Å². The molecule has 5 heterocycles. The number of aryl methyl sites for hydroxylation is 1. The van der Waals surface area contributed by atoms with Crippen LogP contribution in [-0.2, 0) is 0 Å². The Balaban J connectivity index is 1.48. The largest absolute Gasteiger partial charge is 0.356 e. The molecule has 0 aromatic carbocycles. The first-order valence-electron chi connectivity index (χ1n) is 10.9. The molecule has 8 nitrogen and oxygen atoms in total. The molecule has 5 rings (SSSR count). The van der Waals surface area contributed by atoms with Gasteiger partial charge >= 0.3 is 0 Å². The van der Waals surface area contributed by atoms with Crippen LogP contribution >= 0.6 is 0 Å². The van der Waals surface area contributed by atoms with Gasteiger partial charge in [0.05, 0.1) is 17.0 Å². The Morgan fingerprint density at radius 2 is 1.94 bits per heavy atom. The third-order valence-corrected chi connectivity index (χ3v) is 6.11. The number of anilines is 1. The van der Waals surface area contributed by atoms with Crippen molar-refractivity contribution in [2.24, 2.45) is 0 Å². The fourth-order valence-corrected chi connectivity index (χ4v) is 4.51. The third-order valence-electron chi connectivity index (χ3n) is 6.11. The highest BCUT2D eigenvalue weighted by atomic mass is 16.5. The minimum Gasteiger partial charge on any atom is -0.356 e. The van der Waals surface area contributed by atoms with Crippen LogP contribution in [0.4, 0.5) is 5.95 Å². The number of piperidine rings is 1. The third kappa shape index (κ3) is 4.02. The van der Waals surface area contributed by atoms with Gasteiger partial charge in [-0.25, -0.2) is 9.97 Å². The van der Waals surface area contributed by atoms with Crippen LogP contribution in [0, 0.1) is 6.92 Å². The number of amides is 1. The summed E-state index contributed by atoms with van der Waals surface area (Å²) < 4.78 is 5.56. The van der Waals surface area contributed by atoms with Gasteiger partial charge in [-0.2, -0.15) is 0 Å². The maximum Gasteiger partial charge on any atom is 0.253 e. The van der Waals surface area contributed by atoms with Gasteiger partial charge in [-0.3, -0.25) is 9.78 Å². The second-order valence-electron chi connectivity index (χ2n) is 8.32. The lowest BCUT2D eigenvalue weighted by Crippen LogP contribution is -2.39. The Kier molecular flexibility index (Phi) is 5.36. The first-order chi connectivity index (χ1) is 15.2. The SMILES string of the molecule is Cc1cc(-c2cnc(N3CCCC3)nc2[C@H]2CCCN(C(=O)c3ccncc3)C2)on1. The summed E-state index contributed by atoms with van der Waals surface area (Å²) in [6.45, 7) is 5.24. The van der Waals surface area contributed by atoms with E-state index >= 15 is 0 Å². The van der Waals surface area contributed by atoms with Crippen LogP contribution < -0.4 is 4.90 Å². The summed E-state index contributed by atoms with van der Waals surface area (Å²) in [6, 6.07) is 5.45. The number of rotatable bonds is 4. The maximum absolute atomic E-state index is 13.0. The summed E-state index contributed by atoms with van der Waals surface area (Å²) in [5, 5.41) is 4.05. The number of carbonyl (C=O) groups is 1. The molecule has 0 unspecified atom stereocenters. The van der Waals surface area contributed by atoms with E-state index < -0.39 is 0 Å². The second-order valence-corrected chi connectivity index (χ2v) is 8.32. The second kappa shape index (κ2) is 8.45. The molecule has 1 amide bonds. The first kappa shape index (κ1) is 19.7. The van der Waals surface area contributed by atoms with Gasteiger partial charge in [-0.1, -0.05) is 5.16 Å². The molecule has 0 saturated carbocycles. The van der Waals surface area contributed by atoms with Crippen LogP contribution in [-0.4, -0.2) is 57.1 Å². The molecule has 8 heteroatoms. The van der Waals surface area contributed by atoms with E-state index in [0.717, 1.165) is 55.4 Å². The monoisotopic (exact) mass is 418 g/mol. The normalized spacial score (nSPS) is 19.1. The molecule has 2 fully saturated rings. The van der Waals surface area contributed by atoms with E-state index in [1.165, 1.54) is 12.8 Å². The molecule has 2 aliphatic rings. The molecule has 0 N–H and O–H groups in total. The Morgan fingerprint density at radius 3 is 2.68 bits per heavy atom. The number of pyridine rings is 1. The van der Waals surface area contributed by atoms with Crippen LogP contribution in [0.1, 0.15) is 53.3 Å². The summed E-state index contributed by atoms with van der Waals surface area (Å²) in [5.74, 6) is 1.60. The van der Waals surface area contributed by atoms with Gasteiger partial charge in [0.1, 0.15) is 0 Å². The highest BCUT2D eigenvalue weighted by molar-refractivity contribution is 5.94. The van der Waals surface area contributed by atoms with Gasteiger partial charge in [0.15, 0.2) is 5.76 Å². The number of carbonyl (C=O) groups excluding carboxylic acids is 1. The average Bonchev–Trinajstić information content (AvgIpc) is 3.51. The molecule has 2 aliphatic heterocycles. The van der Waals surface area contributed by atoms with Crippen molar-refractivity contribution in [2.75, 3.05) is 31.1 Å². The van der Waals surface area contributed by atoms with Crippen molar-refractivity contribution in [3.05, 3.63) is 53.7 Å². The lowest BCUT2D eigenvalue weighted by atomic mass is 9.91. The Bertz CT molecular complexity index is 1060. The van der Waals surface area contributed by atoms with Crippen LogP contribution in [0.2, 0.25) is 0 Å². The number of nitrogens with zero attached hydrogens (tertiary/aromatic N) is 6. The summed E-state index contributed by atoms with van der Waals surface area (Å²) in [4.78, 5) is 30.9. The van der Waals surface area contributed by atoms with E-state index in [-0.39, 0.29) is 11.8 Å². The summed E-state index contributed by atoms with van der Waals surface area (Å²) >= 11 is 0. The van der Waals surface area contributed by atoms with Crippen LogP contribution in [0.25, 0.3) is 11.3 Å².